The number of ether oxygens (including phenoxy) is 1. The number of nitrogens with zero attached hydrogens (tertiary/aromatic N) is 2. The molecular weight excluding hydrogens is 248 g/mol. The van der Waals surface area contributed by atoms with Gasteiger partial charge in [0.05, 0.1) is 11.5 Å². The third kappa shape index (κ3) is 3.67. The maximum Gasteiger partial charge on any atom is 0.269 e. The molecular formula is C13H12N2O4. The van der Waals surface area contributed by atoms with Gasteiger partial charge in [0, 0.05) is 30.2 Å². The number of aromatic nitrogens is 1. The second kappa shape index (κ2) is 5.81. The van der Waals surface area contributed by atoms with Crippen LogP contribution in [0.15, 0.2) is 48.8 Å². The molecule has 1 heterocycles. The number of hydrogen-bond acceptors (Lipinski definition) is 4. The molecule has 19 heavy (non-hydrogen) atoms. The van der Waals surface area contributed by atoms with Gasteiger partial charge in [0.2, 0.25) is 0 Å². The molecule has 0 fully saturated rings. The monoisotopic (exact) mass is 260 g/mol. The van der Waals surface area contributed by atoms with Crippen molar-refractivity contribution in [1.29, 1.82) is 0 Å². The lowest BCUT2D eigenvalue weighted by Crippen LogP contribution is -2.25. The van der Waals surface area contributed by atoms with Crippen LogP contribution in [0.25, 0.3) is 0 Å². The molecule has 0 saturated heterocycles. The van der Waals surface area contributed by atoms with Gasteiger partial charge in [-0.1, -0.05) is 0 Å². The van der Waals surface area contributed by atoms with Crippen molar-refractivity contribution in [2.75, 3.05) is 6.61 Å². The Hall–Kier alpha value is -2.63. The van der Waals surface area contributed by atoms with Crippen molar-refractivity contribution < 1.29 is 14.4 Å². The molecule has 0 N–H and O–H groups in total. The smallest absolute Gasteiger partial charge is 0.269 e. The third-order valence-electron chi connectivity index (χ3n) is 2.54. The summed E-state index contributed by atoms with van der Waals surface area (Å²) in [6.45, 7) is 0.405. The highest BCUT2D eigenvalue weighted by Gasteiger charge is 2.04. The van der Waals surface area contributed by atoms with E-state index in [1.807, 2.05) is 6.07 Å². The van der Waals surface area contributed by atoms with Crippen molar-refractivity contribution in [2.24, 2.45) is 0 Å². The Morgan fingerprint density at radius 3 is 2.58 bits per heavy atom. The Labute approximate surface area is 109 Å². The van der Waals surface area contributed by atoms with Gasteiger partial charge < -0.3 is 9.94 Å². The van der Waals surface area contributed by atoms with Crippen LogP contribution in [-0.2, 0) is 6.42 Å². The van der Waals surface area contributed by atoms with Crippen molar-refractivity contribution in [1.82, 2.24) is 0 Å². The topological polar surface area (TPSA) is 79.3 Å². The van der Waals surface area contributed by atoms with Gasteiger partial charge >= 0.3 is 0 Å². The predicted molar refractivity (Wildman–Crippen MR) is 67.7 cm³/mol. The normalized spacial score (nSPS) is 10.1. The predicted octanol–water partition coefficient (Wildman–Crippen LogP) is 1.85. The molecule has 6 nitrogen and oxygen atoms in total. The van der Waals surface area contributed by atoms with Crippen LogP contribution in [0, 0.1) is 15.3 Å². The van der Waals surface area contributed by atoms with E-state index in [2.05, 4.69) is 0 Å². The van der Waals surface area contributed by atoms with Gasteiger partial charge in [-0.05, 0) is 18.2 Å². The summed E-state index contributed by atoms with van der Waals surface area (Å²) in [5, 5.41) is 21.5. The van der Waals surface area contributed by atoms with Crippen LogP contribution in [0.1, 0.15) is 5.56 Å². The van der Waals surface area contributed by atoms with Crippen LogP contribution in [-0.4, -0.2) is 11.5 Å². The third-order valence-corrected chi connectivity index (χ3v) is 2.54. The molecule has 0 aliphatic heterocycles. The summed E-state index contributed by atoms with van der Waals surface area (Å²) in [5.41, 5.74) is 0.905. The summed E-state index contributed by atoms with van der Waals surface area (Å²) < 4.78 is 6.19. The number of nitro benzene ring substituents is 1. The molecule has 0 radical (unpaired) electrons. The van der Waals surface area contributed by atoms with E-state index >= 15 is 0 Å². The average molecular weight is 260 g/mol. The lowest BCUT2D eigenvalue weighted by atomic mass is 10.2. The molecule has 0 bridgehead atoms. The number of non-ortho nitro benzene ring substituents is 1. The zero-order valence-corrected chi connectivity index (χ0v) is 10.1. The maximum atomic E-state index is 11.0. The lowest BCUT2D eigenvalue weighted by molar-refractivity contribution is -0.605. The minimum absolute atomic E-state index is 0.0304. The second-order valence-corrected chi connectivity index (χ2v) is 3.92. The highest BCUT2D eigenvalue weighted by atomic mass is 16.6. The van der Waals surface area contributed by atoms with Gasteiger partial charge in [-0.15, -0.1) is 0 Å². The van der Waals surface area contributed by atoms with E-state index < -0.39 is 4.92 Å². The fraction of sp³-hybridized carbons (Fsp3) is 0.154. The summed E-state index contributed by atoms with van der Waals surface area (Å²) in [4.78, 5) is 10.0. The van der Waals surface area contributed by atoms with Crippen LogP contribution in [0.5, 0.6) is 5.75 Å². The molecule has 2 aromatic rings. The zero-order valence-electron chi connectivity index (χ0n) is 10.1. The largest absolute Gasteiger partial charge is 0.619 e. The molecule has 0 aliphatic carbocycles. The van der Waals surface area contributed by atoms with Crippen molar-refractivity contribution in [3.05, 3.63) is 69.7 Å². The molecule has 98 valence electrons. The van der Waals surface area contributed by atoms with E-state index in [-0.39, 0.29) is 5.69 Å². The van der Waals surface area contributed by atoms with Crippen LogP contribution < -0.4 is 9.47 Å². The number of benzene rings is 1. The van der Waals surface area contributed by atoms with Gasteiger partial charge in [-0.2, -0.15) is 4.73 Å². The number of hydrogen-bond donors (Lipinski definition) is 0. The minimum atomic E-state index is -0.458. The minimum Gasteiger partial charge on any atom is -0.619 e. The summed E-state index contributed by atoms with van der Waals surface area (Å²) in [6.07, 6.45) is 3.50. The summed E-state index contributed by atoms with van der Waals surface area (Å²) in [5.74, 6) is 0.566. The van der Waals surface area contributed by atoms with E-state index in [1.54, 1.807) is 18.2 Å². The molecule has 1 aromatic carbocycles. The molecule has 0 atom stereocenters. The Morgan fingerprint density at radius 2 is 1.95 bits per heavy atom. The van der Waals surface area contributed by atoms with Gasteiger partial charge in [0.25, 0.3) is 5.69 Å². The van der Waals surface area contributed by atoms with E-state index in [0.29, 0.717) is 18.8 Å². The summed E-state index contributed by atoms with van der Waals surface area (Å²) in [7, 11) is 0. The second-order valence-electron chi connectivity index (χ2n) is 3.92. The molecule has 2 rings (SSSR count). The van der Waals surface area contributed by atoms with E-state index in [4.69, 9.17) is 4.74 Å². The van der Waals surface area contributed by atoms with E-state index in [1.165, 1.54) is 24.5 Å². The molecule has 0 aliphatic rings. The molecule has 0 saturated carbocycles. The van der Waals surface area contributed by atoms with E-state index in [0.717, 1.165) is 10.3 Å². The molecule has 6 heteroatoms. The summed E-state index contributed by atoms with van der Waals surface area (Å²) in [6, 6.07) is 9.41. The molecule has 1 aromatic heterocycles. The Morgan fingerprint density at radius 1 is 1.21 bits per heavy atom. The van der Waals surface area contributed by atoms with Crippen LogP contribution in [0.2, 0.25) is 0 Å². The standard InChI is InChI=1S/C13H12N2O4/c16-14-8-1-2-11(10-14)7-9-19-13-5-3-12(4-6-13)15(17)18/h1-6,8,10H,7,9H2. The molecule has 0 amide bonds. The number of rotatable bonds is 5. The molecule has 0 spiro atoms. The molecule has 0 unspecified atom stereocenters. The first kappa shape index (κ1) is 12.8. The Balaban J connectivity index is 1.87. The van der Waals surface area contributed by atoms with Crippen molar-refractivity contribution in [3.8, 4) is 5.75 Å². The van der Waals surface area contributed by atoms with Crippen molar-refractivity contribution in [2.45, 2.75) is 6.42 Å². The highest BCUT2D eigenvalue weighted by molar-refractivity contribution is 5.35. The van der Waals surface area contributed by atoms with Gasteiger partial charge in [0.1, 0.15) is 5.75 Å². The Kier molecular flexibility index (Phi) is 3.92. The number of pyridine rings is 1. The lowest BCUT2D eigenvalue weighted by Gasteiger charge is -2.05. The summed E-state index contributed by atoms with van der Waals surface area (Å²) >= 11 is 0. The first-order valence-electron chi connectivity index (χ1n) is 5.70. The van der Waals surface area contributed by atoms with Crippen LogP contribution in [0.4, 0.5) is 5.69 Å². The quantitative estimate of drug-likeness (QED) is 0.355. The SMILES string of the molecule is O=[N+]([O-])c1ccc(OCCc2ccc[n+]([O-])c2)cc1. The highest BCUT2D eigenvalue weighted by Crippen LogP contribution is 2.17. The average Bonchev–Trinajstić information content (AvgIpc) is 2.39. The zero-order chi connectivity index (χ0) is 13.7. The fourth-order valence-electron chi connectivity index (χ4n) is 1.60. The van der Waals surface area contributed by atoms with Crippen LogP contribution in [0.3, 0.4) is 0 Å². The first-order chi connectivity index (χ1) is 9.15. The van der Waals surface area contributed by atoms with Crippen molar-refractivity contribution in [3.63, 3.8) is 0 Å². The van der Waals surface area contributed by atoms with E-state index in [9.17, 15) is 15.3 Å². The van der Waals surface area contributed by atoms with Crippen LogP contribution >= 0.6 is 0 Å². The fourth-order valence-corrected chi connectivity index (χ4v) is 1.60. The Bertz CT molecular complexity index is 569. The number of nitro groups is 1. The maximum absolute atomic E-state index is 11.0. The van der Waals surface area contributed by atoms with Gasteiger partial charge in [-0.25, -0.2) is 0 Å². The van der Waals surface area contributed by atoms with Gasteiger partial charge in [0.15, 0.2) is 12.4 Å². The van der Waals surface area contributed by atoms with Gasteiger partial charge in [-0.3, -0.25) is 10.1 Å². The van der Waals surface area contributed by atoms with Crippen molar-refractivity contribution >= 4 is 5.69 Å². The first-order valence-corrected chi connectivity index (χ1v) is 5.70.